The molecule has 0 spiro atoms. The number of amides is 1. The van der Waals surface area contributed by atoms with Crippen LogP contribution in [0.3, 0.4) is 0 Å². The van der Waals surface area contributed by atoms with Crippen molar-refractivity contribution >= 4 is 22.4 Å². The van der Waals surface area contributed by atoms with Gasteiger partial charge in [0, 0.05) is 30.0 Å². The molecule has 0 bridgehead atoms. The van der Waals surface area contributed by atoms with E-state index in [0.29, 0.717) is 18.2 Å². The van der Waals surface area contributed by atoms with Crippen LogP contribution in [-0.2, 0) is 9.53 Å². The van der Waals surface area contributed by atoms with Gasteiger partial charge in [-0.15, -0.1) is 11.3 Å². The smallest absolute Gasteiger partial charge is 0.246 e. The molecule has 2 unspecified atom stereocenters. The molecule has 0 radical (unpaired) electrons. The van der Waals surface area contributed by atoms with Gasteiger partial charge in [-0.1, -0.05) is 13.8 Å². The Kier molecular flexibility index (Phi) is 3.44. The second kappa shape index (κ2) is 4.60. The number of hydrogen-bond donors (Lipinski definition) is 2. The lowest BCUT2D eigenvalue weighted by Gasteiger charge is -2.57. The SMILES string of the molecule is CCOC1CC(N)(C(=O)Nc2nccs2)C1(C)C. The van der Waals surface area contributed by atoms with E-state index in [4.69, 9.17) is 10.5 Å². The number of carbonyl (C=O) groups is 1. The third-order valence-corrected chi connectivity index (χ3v) is 4.58. The van der Waals surface area contributed by atoms with Gasteiger partial charge in [0.15, 0.2) is 5.13 Å². The Balaban J connectivity index is 2.06. The van der Waals surface area contributed by atoms with E-state index in [-0.39, 0.29) is 17.4 Å². The second-order valence-corrected chi connectivity index (χ2v) is 6.03. The van der Waals surface area contributed by atoms with Crippen LogP contribution in [-0.4, -0.2) is 29.1 Å². The number of aromatic nitrogens is 1. The molecule has 1 amide bonds. The lowest BCUT2D eigenvalue weighted by atomic mass is 9.54. The third kappa shape index (κ3) is 1.94. The van der Waals surface area contributed by atoms with Crippen molar-refractivity contribution in [3.05, 3.63) is 11.6 Å². The summed E-state index contributed by atoms with van der Waals surface area (Å²) in [5.41, 5.74) is 4.99. The van der Waals surface area contributed by atoms with Crippen molar-refractivity contribution in [2.45, 2.75) is 38.8 Å². The summed E-state index contributed by atoms with van der Waals surface area (Å²) >= 11 is 1.38. The summed E-state index contributed by atoms with van der Waals surface area (Å²) in [6, 6.07) is 0. The van der Waals surface area contributed by atoms with Crippen molar-refractivity contribution in [2.75, 3.05) is 11.9 Å². The fourth-order valence-electron chi connectivity index (χ4n) is 2.31. The van der Waals surface area contributed by atoms with Crippen molar-refractivity contribution in [1.29, 1.82) is 0 Å². The molecule has 2 rings (SSSR count). The molecule has 6 heteroatoms. The van der Waals surface area contributed by atoms with Crippen LogP contribution in [0.2, 0.25) is 0 Å². The largest absolute Gasteiger partial charge is 0.378 e. The second-order valence-electron chi connectivity index (χ2n) is 5.13. The monoisotopic (exact) mass is 269 g/mol. The lowest BCUT2D eigenvalue weighted by Crippen LogP contribution is -2.74. The Bertz CT molecular complexity index is 433. The lowest BCUT2D eigenvalue weighted by molar-refractivity contribution is -0.166. The topological polar surface area (TPSA) is 77.2 Å². The zero-order valence-electron chi connectivity index (χ0n) is 10.9. The van der Waals surface area contributed by atoms with E-state index in [1.165, 1.54) is 11.3 Å². The summed E-state index contributed by atoms with van der Waals surface area (Å²) in [5, 5.41) is 5.17. The van der Waals surface area contributed by atoms with Crippen LogP contribution in [0.5, 0.6) is 0 Å². The summed E-state index contributed by atoms with van der Waals surface area (Å²) < 4.78 is 5.60. The average Bonchev–Trinajstić information content (AvgIpc) is 2.81. The summed E-state index contributed by atoms with van der Waals surface area (Å²) in [4.78, 5) is 16.3. The maximum atomic E-state index is 12.3. The van der Waals surface area contributed by atoms with Crippen LogP contribution < -0.4 is 11.1 Å². The highest BCUT2D eigenvalue weighted by atomic mass is 32.1. The Morgan fingerprint density at radius 2 is 2.44 bits per heavy atom. The highest BCUT2D eigenvalue weighted by molar-refractivity contribution is 7.13. The Labute approximate surface area is 111 Å². The van der Waals surface area contributed by atoms with Crippen LogP contribution in [0, 0.1) is 5.41 Å². The van der Waals surface area contributed by atoms with Gasteiger partial charge in [0.05, 0.1) is 6.10 Å². The van der Waals surface area contributed by atoms with Crippen molar-refractivity contribution in [2.24, 2.45) is 11.1 Å². The highest BCUT2D eigenvalue weighted by Crippen LogP contribution is 2.50. The van der Waals surface area contributed by atoms with Gasteiger partial charge in [0.1, 0.15) is 5.54 Å². The van der Waals surface area contributed by atoms with Crippen molar-refractivity contribution in [3.8, 4) is 0 Å². The molecule has 1 aromatic rings. The minimum absolute atomic E-state index is 0.0366. The fraction of sp³-hybridized carbons (Fsp3) is 0.667. The van der Waals surface area contributed by atoms with E-state index in [1.807, 2.05) is 26.2 Å². The van der Waals surface area contributed by atoms with Crippen LogP contribution in [0.4, 0.5) is 5.13 Å². The minimum Gasteiger partial charge on any atom is -0.378 e. The van der Waals surface area contributed by atoms with Crippen molar-refractivity contribution in [3.63, 3.8) is 0 Å². The van der Waals surface area contributed by atoms with Gasteiger partial charge in [-0.05, 0) is 6.92 Å². The first-order valence-electron chi connectivity index (χ1n) is 6.03. The molecule has 100 valence electrons. The number of hydrogen-bond acceptors (Lipinski definition) is 5. The summed E-state index contributed by atoms with van der Waals surface area (Å²) in [6.45, 7) is 6.52. The van der Waals surface area contributed by atoms with Gasteiger partial charge in [-0.2, -0.15) is 0 Å². The minimum atomic E-state index is -0.890. The predicted molar refractivity (Wildman–Crippen MR) is 71.5 cm³/mol. The highest BCUT2D eigenvalue weighted by Gasteiger charge is 2.62. The Hall–Kier alpha value is -0.980. The molecule has 1 saturated carbocycles. The quantitative estimate of drug-likeness (QED) is 0.870. The molecule has 3 N–H and O–H groups in total. The van der Waals surface area contributed by atoms with E-state index < -0.39 is 5.54 Å². The molecule has 5 nitrogen and oxygen atoms in total. The third-order valence-electron chi connectivity index (χ3n) is 3.89. The number of nitrogens with zero attached hydrogens (tertiary/aromatic N) is 1. The van der Waals surface area contributed by atoms with Crippen LogP contribution in [0.15, 0.2) is 11.6 Å². The average molecular weight is 269 g/mol. The standard InChI is InChI=1S/C12H19N3O2S/c1-4-17-8-7-12(13,11(8,2)3)9(16)15-10-14-5-6-18-10/h5-6,8H,4,7,13H2,1-3H3,(H,14,15,16). The molecule has 0 aromatic carbocycles. The number of rotatable bonds is 4. The summed E-state index contributed by atoms with van der Waals surface area (Å²) in [5.74, 6) is -0.182. The Morgan fingerprint density at radius 1 is 1.72 bits per heavy atom. The van der Waals surface area contributed by atoms with E-state index >= 15 is 0 Å². The first-order valence-corrected chi connectivity index (χ1v) is 6.91. The van der Waals surface area contributed by atoms with Gasteiger partial charge < -0.3 is 15.8 Å². The number of nitrogens with one attached hydrogen (secondary N) is 1. The number of ether oxygens (including phenoxy) is 1. The van der Waals surface area contributed by atoms with Gasteiger partial charge >= 0.3 is 0 Å². The molecule has 2 atom stereocenters. The zero-order valence-corrected chi connectivity index (χ0v) is 11.7. The van der Waals surface area contributed by atoms with Gasteiger partial charge in [0.2, 0.25) is 5.91 Å². The zero-order chi connectivity index (χ0) is 13.4. The Morgan fingerprint density at radius 3 is 2.94 bits per heavy atom. The molecule has 0 saturated heterocycles. The van der Waals surface area contributed by atoms with E-state index in [0.717, 1.165) is 0 Å². The van der Waals surface area contributed by atoms with Gasteiger partial charge in [-0.25, -0.2) is 4.98 Å². The van der Waals surface area contributed by atoms with Crippen LogP contribution in [0.25, 0.3) is 0 Å². The number of thiazole rings is 1. The maximum absolute atomic E-state index is 12.3. The predicted octanol–water partition coefficient (Wildman–Crippen LogP) is 1.61. The number of nitrogens with two attached hydrogens (primary N) is 1. The van der Waals surface area contributed by atoms with E-state index in [9.17, 15) is 4.79 Å². The maximum Gasteiger partial charge on any atom is 0.246 e. The molecule has 1 fully saturated rings. The van der Waals surface area contributed by atoms with Crippen LogP contribution >= 0.6 is 11.3 Å². The fourth-order valence-corrected chi connectivity index (χ4v) is 2.84. The van der Waals surface area contributed by atoms with Gasteiger partial charge in [0.25, 0.3) is 0 Å². The summed E-state index contributed by atoms with van der Waals surface area (Å²) in [7, 11) is 0. The van der Waals surface area contributed by atoms with E-state index in [1.54, 1.807) is 6.20 Å². The molecular weight excluding hydrogens is 250 g/mol. The van der Waals surface area contributed by atoms with Gasteiger partial charge in [-0.3, -0.25) is 4.79 Å². The van der Waals surface area contributed by atoms with E-state index in [2.05, 4.69) is 10.3 Å². The molecule has 1 aliphatic carbocycles. The molecule has 1 heterocycles. The van der Waals surface area contributed by atoms with Crippen LogP contribution in [0.1, 0.15) is 27.2 Å². The summed E-state index contributed by atoms with van der Waals surface area (Å²) in [6.07, 6.45) is 2.23. The van der Waals surface area contributed by atoms with Crippen molar-refractivity contribution < 1.29 is 9.53 Å². The van der Waals surface area contributed by atoms with Crippen molar-refractivity contribution in [1.82, 2.24) is 4.98 Å². The molecule has 0 aliphatic heterocycles. The molecular formula is C12H19N3O2S. The first-order chi connectivity index (χ1) is 8.41. The molecule has 1 aliphatic rings. The molecule has 18 heavy (non-hydrogen) atoms. The first kappa shape index (κ1) is 13.5. The molecule has 1 aromatic heterocycles. The normalized spacial score (nSPS) is 29.7. The number of anilines is 1. The number of carbonyl (C=O) groups excluding carboxylic acids is 1.